The van der Waals surface area contributed by atoms with Crippen LogP contribution in [-0.2, 0) is 6.42 Å². The number of halogens is 1. The van der Waals surface area contributed by atoms with Crippen molar-refractivity contribution in [3.63, 3.8) is 0 Å². The highest BCUT2D eigenvalue weighted by molar-refractivity contribution is 6.31. The van der Waals surface area contributed by atoms with Crippen LogP contribution in [0.4, 0.5) is 0 Å². The van der Waals surface area contributed by atoms with E-state index in [1.54, 1.807) is 0 Å². The van der Waals surface area contributed by atoms with E-state index in [1.807, 2.05) is 0 Å². The van der Waals surface area contributed by atoms with Crippen molar-refractivity contribution >= 4 is 11.6 Å². The second-order valence-corrected chi connectivity index (χ2v) is 9.35. The fraction of sp³-hybridized carbons (Fsp3) is 0.419. The number of hydrogen-bond donors (Lipinski definition) is 1. The quantitative estimate of drug-likeness (QED) is 0.302. The summed E-state index contributed by atoms with van der Waals surface area (Å²) in [6.45, 7) is 13.8. The third kappa shape index (κ3) is 8.40. The molecule has 2 rings (SSSR count). The third-order valence-corrected chi connectivity index (χ3v) is 6.44. The fourth-order valence-corrected chi connectivity index (χ4v) is 4.54. The molecule has 0 heterocycles. The van der Waals surface area contributed by atoms with Crippen molar-refractivity contribution < 1.29 is 0 Å². The number of nitrogens with zero attached hydrogens (tertiary/aromatic N) is 1. The zero-order chi connectivity index (χ0) is 24.9. The summed E-state index contributed by atoms with van der Waals surface area (Å²) in [5.74, 6) is 0. The van der Waals surface area contributed by atoms with E-state index in [1.165, 1.54) is 33.8 Å². The Hall–Kier alpha value is -2.45. The molecule has 0 spiro atoms. The Morgan fingerprint density at radius 3 is 2.50 bits per heavy atom. The van der Waals surface area contributed by atoms with Crippen LogP contribution >= 0.6 is 11.6 Å². The van der Waals surface area contributed by atoms with Crippen molar-refractivity contribution in [2.45, 2.75) is 79.7 Å². The molecule has 1 aromatic carbocycles. The lowest BCUT2D eigenvalue weighted by atomic mass is 10.0. The molecule has 0 aliphatic heterocycles. The maximum absolute atomic E-state index is 6.57. The van der Waals surface area contributed by atoms with Crippen molar-refractivity contribution in [3.8, 4) is 0 Å². The Morgan fingerprint density at radius 2 is 1.88 bits per heavy atom. The molecule has 0 saturated heterocycles. The second kappa shape index (κ2) is 14.7. The highest BCUT2D eigenvalue weighted by Gasteiger charge is 2.20. The largest absolute Gasteiger partial charge is 0.384 e. The predicted molar refractivity (Wildman–Crippen MR) is 151 cm³/mol. The van der Waals surface area contributed by atoms with Gasteiger partial charge < -0.3 is 10.2 Å². The van der Waals surface area contributed by atoms with Gasteiger partial charge in [-0.05, 0) is 88.3 Å². The SMILES string of the molecule is C\C=C/C=C(\C=C/C)N(CC(CC)NC(=CCC)Cc1ccc(C)cc1Cl)C1=CCCC=C1C. The van der Waals surface area contributed by atoms with Crippen LogP contribution in [0.3, 0.4) is 0 Å². The van der Waals surface area contributed by atoms with Crippen LogP contribution in [0.5, 0.6) is 0 Å². The minimum absolute atomic E-state index is 0.303. The maximum atomic E-state index is 6.57. The highest BCUT2D eigenvalue weighted by atomic mass is 35.5. The fourth-order valence-electron chi connectivity index (χ4n) is 4.24. The first kappa shape index (κ1) is 27.8. The normalized spacial score (nSPS) is 16.1. The Kier molecular flexibility index (Phi) is 12.0. The van der Waals surface area contributed by atoms with E-state index in [9.17, 15) is 0 Å². The van der Waals surface area contributed by atoms with Gasteiger partial charge in [-0.3, -0.25) is 0 Å². The van der Waals surface area contributed by atoms with Crippen LogP contribution in [0.25, 0.3) is 0 Å². The van der Waals surface area contributed by atoms with Crippen LogP contribution in [0.1, 0.15) is 71.4 Å². The number of allylic oxidation sites excluding steroid dienone is 10. The van der Waals surface area contributed by atoms with Crippen molar-refractivity contribution in [2.24, 2.45) is 0 Å². The molecule has 1 unspecified atom stereocenters. The minimum atomic E-state index is 0.303. The van der Waals surface area contributed by atoms with Crippen LogP contribution in [0.2, 0.25) is 5.02 Å². The van der Waals surface area contributed by atoms with Crippen molar-refractivity contribution in [2.75, 3.05) is 6.54 Å². The monoisotopic (exact) mass is 478 g/mol. The summed E-state index contributed by atoms with van der Waals surface area (Å²) in [5.41, 5.74) is 7.50. The number of benzene rings is 1. The van der Waals surface area contributed by atoms with Crippen LogP contribution in [0.15, 0.2) is 89.5 Å². The number of nitrogens with one attached hydrogen (secondary N) is 1. The van der Waals surface area contributed by atoms with Crippen LogP contribution in [0, 0.1) is 6.92 Å². The number of hydrogen-bond acceptors (Lipinski definition) is 2. The first-order chi connectivity index (χ1) is 16.4. The lowest BCUT2D eigenvalue weighted by molar-refractivity contribution is 0.366. The lowest BCUT2D eigenvalue weighted by Gasteiger charge is -2.34. The average molecular weight is 479 g/mol. The van der Waals surface area contributed by atoms with E-state index in [0.29, 0.717) is 6.04 Å². The van der Waals surface area contributed by atoms with E-state index in [0.717, 1.165) is 43.7 Å². The molecule has 1 aromatic rings. The summed E-state index contributed by atoms with van der Waals surface area (Å²) in [4.78, 5) is 2.48. The van der Waals surface area contributed by atoms with Crippen LogP contribution in [-0.4, -0.2) is 17.5 Å². The predicted octanol–water partition coefficient (Wildman–Crippen LogP) is 8.82. The Balaban J connectivity index is 2.33. The van der Waals surface area contributed by atoms with E-state index < -0.39 is 0 Å². The smallest absolute Gasteiger partial charge is 0.0444 e. The molecule has 34 heavy (non-hydrogen) atoms. The van der Waals surface area contributed by atoms with Gasteiger partial charge in [0.05, 0.1) is 0 Å². The van der Waals surface area contributed by atoms with Crippen molar-refractivity contribution in [1.82, 2.24) is 10.2 Å². The first-order valence-corrected chi connectivity index (χ1v) is 13.1. The molecule has 1 aliphatic carbocycles. The van der Waals surface area contributed by atoms with E-state index in [4.69, 9.17) is 11.6 Å². The summed E-state index contributed by atoms with van der Waals surface area (Å²) >= 11 is 6.57. The van der Waals surface area contributed by atoms with Gasteiger partial charge in [0, 0.05) is 41.1 Å². The summed E-state index contributed by atoms with van der Waals surface area (Å²) in [5, 5.41) is 4.72. The van der Waals surface area contributed by atoms with Gasteiger partial charge in [0.25, 0.3) is 0 Å². The van der Waals surface area contributed by atoms with Gasteiger partial charge in [-0.25, -0.2) is 0 Å². The zero-order valence-electron chi connectivity index (χ0n) is 22.0. The molecular weight excluding hydrogens is 436 g/mol. The molecule has 0 aromatic heterocycles. The van der Waals surface area contributed by atoms with Gasteiger partial charge in [0.2, 0.25) is 0 Å². The summed E-state index contributed by atoms with van der Waals surface area (Å²) in [7, 11) is 0. The van der Waals surface area contributed by atoms with Crippen LogP contribution < -0.4 is 5.32 Å². The van der Waals surface area contributed by atoms with Gasteiger partial charge in [-0.1, -0.05) is 74.0 Å². The van der Waals surface area contributed by atoms with Gasteiger partial charge in [0.1, 0.15) is 0 Å². The Bertz CT molecular complexity index is 975. The average Bonchev–Trinajstić information content (AvgIpc) is 2.82. The Labute approximate surface area is 213 Å². The molecule has 1 N–H and O–H groups in total. The van der Waals surface area contributed by atoms with Gasteiger partial charge in [0.15, 0.2) is 0 Å². The molecule has 0 fully saturated rings. The minimum Gasteiger partial charge on any atom is -0.384 e. The molecule has 0 saturated carbocycles. The summed E-state index contributed by atoms with van der Waals surface area (Å²) < 4.78 is 0. The molecule has 0 radical (unpaired) electrons. The molecule has 184 valence electrons. The van der Waals surface area contributed by atoms with Gasteiger partial charge in [-0.15, -0.1) is 0 Å². The summed E-state index contributed by atoms with van der Waals surface area (Å²) in [6, 6.07) is 6.65. The molecule has 0 bridgehead atoms. The lowest BCUT2D eigenvalue weighted by Crippen LogP contribution is -2.40. The standard InChI is InChI=1S/C31H43ClN2/c1-7-11-17-29(15-9-3)34(31-18-13-12-16-25(31)6)23-27(10-4)33-28(14-8-2)22-26-20-19-24(5)21-30(26)32/h7,9,11,14-21,27,33H,8,10,12-13,22-23H2,1-6H3/b11-7-,15-9-,28-14?,29-17+. The molecule has 1 aliphatic rings. The van der Waals surface area contributed by atoms with Gasteiger partial charge >= 0.3 is 0 Å². The van der Waals surface area contributed by atoms with Crippen molar-refractivity contribution in [3.05, 3.63) is 106 Å². The topological polar surface area (TPSA) is 15.3 Å². The van der Waals surface area contributed by atoms with E-state index in [-0.39, 0.29) is 0 Å². The molecule has 3 heteroatoms. The van der Waals surface area contributed by atoms with E-state index >= 15 is 0 Å². The molecule has 2 nitrogen and oxygen atoms in total. The first-order valence-electron chi connectivity index (χ1n) is 12.7. The van der Waals surface area contributed by atoms with Crippen molar-refractivity contribution in [1.29, 1.82) is 0 Å². The molecular formula is C31H43ClN2. The third-order valence-electron chi connectivity index (χ3n) is 6.08. The Morgan fingerprint density at radius 1 is 1.12 bits per heavy atom. The summed E-state index contributed by atoms with van der Waals surface area (Å²) in [6.07, 6.45) is 22.9. The highest BCUT2D eigenvalue weighted by Crippen LogP contribution is 2.27. The molecule has 1 atom stereocenters. The van der Waals surface area contributed by atoms with E-state index in [2.05, 4.69) is 119 Å². The van der Waals surface area contributed by atoms with Gasteiger partial charge in [-0.2, -0.15) is 0 Å². The second-order valence-electron chi connectivity index (χ2n) is 8.94. The number of aryl methyl sites for hydroxylation is 1. The zero-order valence-corrected chi connectivity index (χ0v) is 22.8. The maximum Gasteiger partial charge on any atom is 0.0444 e. The molecule has 0 amide bonds. The number of rotatable bonds is 12.